The highest BCUT2D eigenvalue weighted by molar-refractivity contribution is 9.10. The van der Waals surface area contributed by atoms with Gasteiger partial charge in [-0.3, -0.25) is 9.59 Å². The average molecular weight is 433 g/mol. The standard InChI is InChI=1S/C19H21BrN4O3/c1-13(25)22-15-7-5-6-14(10-15)18(26)23-21-12-16-11-17(20)19(27-16)24-8-3-2-4-9-24/h5-7,10-12H,2-4,8-9H2,1H3,(H,22,25)(H,23,26). The first-order valence-corrected chi connectivity index (χ1v) is 9.57. The van der Waals surface area contributed by atoms with Gasteiger partial charge in [0.05, 0.1) is 10.7 Å². The van der Waals surface area contributed by atoms with Gasteiger partial charge in [0.2, 0.25) is 11.8 Å². The van der Waals surface area contributed by atoms with Crippen molar-refractivity contribution in [1.29, 1.82) is 0 Å². The number of hydrogen-bond acceptors (Lipinski definition) is 5. The molecule has 1 aromatic heterocycles. The minimum atomic E-state index is -0.375. The molecule has 0 atom stereocenters. The number of anilines is 2. The maximum Gasteiger partial charge on any atom is 0.271 e. The second-order valence-corrected chi connectivity index (χ2v) is 7.17. The summed E-state index contributed by atoms with van der Waals surface area (Å²) in [5.74, 6) is 0.777. The number of hydrogen-bond donors (Lipinski definition) is 2. The molecule has 2 amide bonds. The summed E-state index contributed by atoms with van der Waals surface area (Å²) in [6.45, 7) is 3.37. The van der Waals surface area contributed by atoms with Crippen LogP contribution >= 0.6 is 15.9 Å². The smallest absolute Gasteiger partial charge is 0.271 e. The summed E-state index contributed by atoms with van der Waals surface area (Å²) in [6.07, 6.45) is 5.03. The van der Waals surface area contributed by atoms with Crippen molar-refractivity contribution < 1.29 is 14.0 Å². The Morgan fingerprint density at radius 1 is 1.22 bits per heavy atom. The van der Waals surface area contributed by atoms with Gasteiger partial charge in [0.1, 0.15) is 0 Å². The first-order valence-electron chi connectivity index (χ1n) is 8.78. The Labute approximate surface area is 165 Å². The summed E-state index contributed by atoms with van der Waals surface area (Å²) in [5.41, 5.74) is 3.42. The molecule has 0 unspecified atom stereocenters. The molecule has 0 radical (unpaired) electrons. The van der Waals surface area contributed by atoms with Crippen LogP contribution in [0, 0.1) is 0 Å². The van der Waals surface area contributed by atoms with E-state index in [1.54, 1.807) is 24.3 Å². The number of furan rings is 1. The topological polar surface area (TPSA) is 86.9 Å². The van der Waals surface area contributed by atoms with Crippen LogP contribution in [0.3, 0.4) is 0 Å². The second-order valence-electron chi connectivity index (χ2n) is 6.31. The first-order chi connectivity index (χ1) is 13.0. The van der Waals surface area contributed by atoms with E-state index in [1.165, 1.54) is 19.6 Å². The van der Waals surface area contributed by atoms with E-state index in [-0.39, 0.29) is 11.8 Å². The van der Waals surface area contributed by atoms with Gasteiger partial charge in [-0.2, -0.15) is 5.10 Å². The molecule has 0 aliphatic carbocycles. The Morgan fingerprint density at radius 2 is 2.00 bits per heavy atom. The third kappa shape index (κ3) is 5.19. The van der Waals surface area contributed by atoms with Crippen molar-refractivity contribution in [3.05, 3.63) is 46.1 Å². The summed E-state index contributed by atoms with van der Waals surface area (Å²) in [6, 6.07) is 8.47. The largest absolute Gasteiger partial charge is 0.438 e. The molecule has 1 aliphatic rings. The zero-order valence-corrected chi connectivity index (χ0v) is 16.6. The van der Waals surface area contributed by atoms with E-state index in [1.807, 2.05) is 6.07 Å². The van der Waals surface area contributed by atoms with Crippen LogP contribution in [-0.4, -0.2) is 31.1 Å². The molecule has 0 spiro atoms. The van der Waals surface area contributed by atoms with E-state index in [9.17, 15) is 9.59 Å². The van der Waals surface area contributed by atoms with E-state index < -0.39 is 0 Å². The van der Waals surface area contributed by atoms with Crippen LogP contribution in [0.4, 0.5) is 11.6 Å². The van der Waals surface area contributed by atoms with Crippen LogP contribution in [0.5, 0.6) is 0 Å². The van der Waals surface area contributed by atoms with Gasteiger partial charge in [0.15, 0.2) is 5.76 Å². The highest BCUT2D eigenvalue weighted by atomic mass is 79.9. The molecule has 3 rings (SSSR count). The fraction of sp³-hybridized carbons (Fsp3) is 0.316. The van der Waals surface area contributed by atoms with Crippen LogP contribution in [0.2, 0.25) is 0 Å². The number of rotatable bonds is 5. The highest BCUT2D eigenvalue weighted by Crippen LogP contribution is 2.31. The highest BCUT2D eigenvalue weighted by Gasteiger charge is 2.18. The maximum absolute atomic E-state index is 12.2. The van der Waals surface area contributed by atoms with Gasteiger partial charge in [-0.25, -0.2) is 5.43 Å². The van der Waals surface area contributed by atoms with Crippen molar-refractivity contribution in [2.45, 2.75) is 26.2 Å². The number of amides is 2. The lowest BCUT2D eigenvalue weighted by molar-refractivity contribution is -0.114. The lowest BCUT2D eigenvalue weighted by Crippen LogP contribution is -2.29. The average Bonchev–Trinajstić information content (AvgIpc) is 3.02. The van der Waals surface area contributed by atoms with Crippen molar-refractivity contribution in [2.75, 3.05) is 23.3 Å². The second kappa shape index (κ2) is 8.85. The number of piperidine rings is 1. The Kier molecular flexibility index (Phi) is 6.28. The molecule has 0 bridgehead atoms. The summed E-state index contributed by atoms with van der Waals surface area (Å²) < 4.78 is 6.71. The van der Waals surface area contributed by atoms with Crippen LogP contribution in [0.15, 0.2) is 44.3 Å². The Bertz CT molecular complexity index is 856. The molecule has 27 heavy (non-hydrogen) atoms. The minimum absolute atomic E-state index is 0.196. The Morgan fingerprint density at radius 3 is 2.74 bits per heavy atom. The summed E-state index contributed by atoms with van der Waals surface area (Å²) in [4.78, 5) is 25.5. The van der Waals surface area contributed by atoms with Gasteiger partial charge in [-0.1, -0.05) is 6.07 Å². The van der Waals surface area contributed by atoms with Gasteiger partial charge in [0, 0.05) is 37.3 Å². The number of carbonyl (C=O) groups is 2. The molecule has 7 nitrogen and oxygen atoms in total. The third-order valence-electron chi connectivity index (χ3n) is 4.13. The Hall–Kier alpha value is -2.61. The van der Waals surface area contributed by atoms with Gasteiger partial charge in [-0.15, -0.1) is 0 Å². The molecule has 1 saturated heterocycles. The van der Waals surface area contributed by atoms with Crippen molar-refractivity contribution in [3.63, 3.8) is 0 Å². The molecule has 1 fully saturated rings. The first kappa shape index (κ1) is 19.2. The summed E-state index contributed by atoms with van der Waals surface area (Å²) in [5, 5.41) is 6.60. The molecule has 2 heterocycles. The molecular weight excluding hydrogens is 412 g/mol. The zero-order valence-electron chi connectivity index (χ0n) is 15.0. The predicted octanol–water partition coefficient (Wildman–Crippen LogP) is 3.75. The fourth-order valence-corrected chi connectivity index (χ4v) is 3.47. The molecule has 1 aliphatic heterocycles. The molecule has 0 saturated carbocycles. The van der Waals surface area contributed by atoms with Gasteiger partial charge < -0.3 is 14.6 Å². The molecule has 8 heteroatoms. The lowest BCUT2D eigenvalue weighted by Gasteiger charge is -2.26. The van der Waals surface area contributed by atoms with Crippen molar-refractivity contribution >= 4 is 45.5 Å². The lowest BCUT2D eigenvalue weighted by atomic mass is 10.1. The van der Waals surface area contributed by atoms with Crippen LogP contribution in [0.1, 0.15) is 42.3 Å². The van der Waals surface area contributed by atoms with Gasteiger partial charge >= 0.3 is 0 Å². The fourth-order valence-electron chi connectivity index (χ4n) is 2.91. The molecule has 2 aromatic rings. The normalized spacial score (nSPS) is 14.4. The van der Waals surface area contributed by atoms with E-state index in [0.717, 1.165) is 36.3 Å². The van der Waals surface area contributed by atoms with Crippen LogP contribution in [-0.2, 0) is 4.79 Å². The third-order valence-corrected chi connectivity index (χ3v) is 4.70. The van der Waals surface area contributed by atoms with E-state index in [2.05, 4.69) is 36.7 Å². The van der Waals surface area contributed by atoms with Gasteiger partial charge in [-0.05, 0) is 53.4 Å². The maximum atomic E-state index is 12.2. The molecular formula is C19H21BrN4O3. The van der Waals surface area contributed by atoms with Crippen LogP contribution < -0.4 is 15.6 Å². The number of benzene rings is 1. The molecule has 1 aromatic carbocycles. The van der Waals surface area contributed by atoms with E-state index in [0.29, 0.717) is 17.0 Å². The van der Waals surface area contributed by atoms with Crippen molar-refractivity contribution in [3.8, 4) is 0 Å². The van der Waals surface area contributed by atoms with Crippen LogP contribution in [0.25, 0.3) is 0 Å². The number of carbonyl (C=O) groups excluding carboxylic acids is 2. The summed E-state index contributed by atoms with van der Waals surface area (Å²) in [7, 11) is 0. The quantitative estimate of drug-likeness (QED) is 0.556. The number of hydrazone groups is 1. The number of nitrogens with one attached hydrogen (secondary N) is 2. The Balaban J connectivity index is 1.62. The summed E-state index contributed by atoms with van der Waals surface area (Å²) >= 11 is 3.52. The predicted molar refractivity (Wildman–Crippen MR) is 108 cm³/mol. The molecule has 2 N–H and O–H groups in total. The molecule has 142 valence electrons. The number of halogens is 1. The van der Waals surface area contributed by atoms with E-state index >= 15 is 0 Å². The van der Waals surface area contributed by atoms with Crippen molar-refractivity contribution in [1.82, 2.24) is 5.43 Å². The minimum Gasteiger partial charge on any atom is -0.438 e. The van der Waals surface area contributed by atoms with Crippen molar-refractivity contribution in [2.24, 2.45) is 5.10 Å². The number of nitrogens with zero attached hydrogens (tertiary/aromatic N) is 2. The van der Waals surface area contributed by atoms with E-state index in [4.69, 9.17) is 4.42 Å². The monoisotopic (exact) mass is 432 g/mol. The SMILES string of the molecule is CC(=O)Nc1cccc(C(=O)NN=Cc2cc(Br)c(N3CCCCC3)o2)c1. The van der Waals surface area contributed by atoms with Gasteiger partial charge in [0.25, 0.3) is 5.91 Å². The zero-order chi connectivity index (χ0) is 19.2.